The van der Waals surface area contributed by atoms with Gasteiger partial charge in [0.05, 0.1) is 13.1 Å². The first-order valence-corrected chi connectivity index (χ1v) is 28.0. The van der Waals surface area contributed by atoms with E-state index in [4.69, 9.17) is 0 Å². The zero-order valence-corrected chi connectivity index (χ0v) is 50.7. The molecule has 2 aliphatic rings. The van der Waals surface area contributed by atoms with E-state index >= 15 is 0 Å². The Bertz CT molecular complexity index is 2120. The van der Waals surface area contributed by atoms with Crippen LogP contribution in [0.25, 0.3) is 0 Å². The maximum absolute atomic E-state index is 14.1. The molecule has 8 N–H and O–H groups in total. The topological polar surface area (TPSA) is 256 Å². The molecule has 1 saturated carbocycles. The molecule has 3 rings (SSSR count). The van der Waals surface area contributed by atoms with E-state index in [0.717, 1.165) is 43.9 Å². The van der Waals surface area contributed by atoms with Crippen LogP contribution in [0.2, 0.25) is 0 Å². The van der Waals surface area contributed by atoms with Crippen molar-refractivity contribution in [2.75, 3.05) is 46.8 Å². The number of nitrogens with one attached hydrogen (secondary N) is 8. The SMILES string of the molecule is CC(C)C.CC(C)C.CC(C)CC(NC(=O)CNC(=O)C(C)(C)NC(=O)CNC(=O)C(CCC1CCCCC1)NC(=O)C1N(C(=O)c2ccc(F)cc2)CCC1(C)C)C(=O)NC(C)(C)C(=O)NC(C)(C)C(=O)NCCN(C)C. The van der Waals surface area contributed by atoms with Crippen molar-refractivity contribution >= 4 is 53.2 Å². The van der Waals surface area contributed by atoms with Gasteiger partial charge in [-0.25, -0.2) is 4.39 Å². The van der Waals surface area contributed by atoms with Crippen LogP contribution in [0.1, 0.15) is 179 Å². The van der Waals surface area contributed by atoms with E-state index in [0.29, 0.717) is 38.3 Å². The molecule has 0 bridgehead atoms. The Kier molecular flexibility index (Phi) is 29.2. The zero-order chi connectivity index (χ0) is 59.9. The number of carbonyl (C=O) groups excluding carboxylic acids is 9. The van der Waals surface area contributed by atoms with Crippen LogP contribution >= 0.6 is 0 Å². The van der Waals surface area contributed by atoms with E-state index < -0.39 is 112 Å². The van der Waals surface area contributed by atoms with Crippen LogP contribution in [0.3, 0.4) is 0 Å². The van der Waals surface area contributed by atoms with Crippen molar-refractivity contribution in [1.82, 2.24) is 52.3 Å². The first-order chi connectivity index (χ1) is 35.9. The molecule has 1 aromatic carbocycles. The van der Waals surface area contributed by atoms with Crippen molar-refractivity contribution < 1.29 is 47.5 Å². The zero-order valence-electron chi connectivity index (χ0n) is 50.7. The summed E-state index contributed by atoms with van der Waals surface area (Å²) < 4.78 is 13.7. The van der Waals surface area contributed by atoms with Gasteiger partial charge in [0.15, 0.2) is 0 Å². The van der Waals surface area contributed by atoms with E-state index in [2.05, 4.69) is 84.1 Å². The number of rotatable bonds is 24. The molecule has 3 unspecified atom stereocenters. The summed E-state index contributed by atoms with van der Waals surface area (Å²) in [6.07, 6.45) is 6.97. The second-order valence-corrected chi connectivity index (χ2v) is 25.3. The Labute approximate surface area is 466 Å². The molecule has 19 nitrogen and oxygen atoms in total. The van der Waals surface area contributed by atoms with E-state index in [9.17, 15) is 47.5 Å². The van der Waals surface area contributed by atoms with Crippen LogP contribution in [0.15, 0.2) is 24.3 Å². The summed E-state index contributed by atoms with van der Waals surface area (Å²) in [6.45, 7) is 29.4. The van der Waals surface area contributed by atoms with Crippen LogP contribution in [0, 0.1) is 34.9 Å². The summed E-state index contributed by atoms with van der Waals surface area (Å²) in [4.78, 5) is 124. The molecule has 1 aliphatic carbocycles. The van der Waals surface area contributed by atoms with Crippen LogP contribution in [-0.4, -0.2) is 145 Å². The Morgan fingerprint density at radius 3 is 1.71 bits per heavy atom. The van der Waals surface area contributed by atoms with Crippen molar-refractivity contribution in [2.24, 2.45) is 29.1 Å². The van der Waals surface area contributed by atoms with E-state index in [-0.39, 0.29) is 24.4 Å². The average Bonchev–Trinajstić information content (AvgIpc) is 3.64. The van der Waals surface area contributed by atoms with E-state index in [1.54, 1.807) is 13.8 Å². The van der Waals surface area contributed by atoms with Gasteiger partial charge in [-0.3, -0.25) is 43.2 Å². The van der Waals surface area contributed by atoms with Gasteiger partial charge >= 0.3 is 0 Å². The van der Waals surface area contributed by atoms with Gasteiger partial charge in [0.1, 0.15) is 40.6 Å². The van der Waals surface area contributed by atoms with Crippen LogP contribution in [0.4, 0.5) is 4.39 Å². The molecule has 1 heterocycles. The van der Waals surface area contributed by atoms with Gasteiger partial charge in [-0.2, -0.15) is 0 Å². The fourth-order valence-corrected chi connectivity index (χ4v) is 8.60. The van der Waals surface area contributed by atoms with Gasteiger partial charge in [0.25, 0.3) is 5.91 Å². The predicted molar refractivity (Wildman–Crippen MR) is 304 cm³/mol. The van der Waals surface area contributed by atoms with Crippen molar-refractivity contribution in [3.63, 3.8) is 0 Å². The summed E-state index contributed by atoms with van der Waals surface area (Å²) in [6, 6.07) is 2.03. The quantitative estimate of drug-likeness (QED) is 0.0658. The summed E-state index contributed by atoms with van der Waals surface area (Å²) in [5.74, 6) is -3.97. The standard InChI is InChI=1S/C50H81FN10O9.2C4H10/c1-31(2)28-36(41(65)58-50(9,10)46(70)59-49(7,8)44(68)52-25-27-60(11)12)55-37(62)29-54-45(69)48(5,6)57-38(63)30-53-40(64)35(23-18-32-16-14-13-15-17-32)56-42(66)39-47(3,4)24-26-61(39)43(67)33-19-21-34(51)22-20-33;2*1-4(2)3/h19-22,31-32,35-36,39H,13-18,23-30H2,1-12H3,(H,52,68)(H,53,64)(H,54,69)(H,55,62)(H,56,66)(H,57,63)(H,58,65)(H,59,70);2*4H,1-3H3. The number of carbonyl (C=O) groups is 9. The minimum Gasteiger partial charge on any atom is -0.353 e. The maximum atomic E-state index is 14.1. The lowest BCUT2D eigenvalue weighted by molar-refractivity contribution is -0.138. The molecule has 0 aromatic heterocycles. The van der Waals surface area contributed by atoms with Gasteiger partial charge in [-0.15, -0.1) is 0 Å². The first-order valence-electron chi connectivity index (χ1n) is 28.0. The third-order valence-electron chi connectivity index (χ3n) is 12.9. The summed E-state index contributed by atoms with van der Waals surface area (Å²) in [7, 11) is 3.73. The molecule has 20 heteroatoms. The highest BCUT2D eigenvalue weighted by Gasteiger charge is 2.48. The number of nitrogens with zero attached hydrogens (tertiary/aromatic N) is 2. The first kappa shape index (κ1) is 70.4. The normalized spacial score (nSPS) is 16.3. The highest BCUT2D eigenvalue weighted by Crippen LogP contribution is 2.37. The summed E-state index contributed by atoms with van der Waals surface area (Å²) in [5.41, 5.74) is -4.80. The smallest absolute Gasteiger partial charge is 0.254 e. The van der Waals surface area contributed by atoms with Crippen LogP contribution in [0.5, 0.6) is 0 Å². The molecule has 78 heavy (non-hydrogen) atoms. The van der Waals surface area contributed by atoms with Crippen LogP contribution in [-0.2, 0) is 38.4 Å². The lowest BCUT2D eigenvalue weighted by Gasteiger charge is -2.33. The van der Waals surface area contributed by atoms with Crippen LogP contribution < -0.4 is 42.5 Å². The predicted octanol–water partition coefficient (Wildman–Crippen LogP) is 5.36. The molecule has 2 fully saturated rings. The van der Waals surface area contributed by atoms with E-state index in [1.165, 1.54) is 56.9 Å². The average molecular weight is 1100 g/mol. The monoisotopic (exact) mass is 1100 g/mol. The number of halogens is 1. The van der Waals surface area contributed by atoms with Gasteiger partial charge in [0, 0.05) is 25.2 Å². The van der Waals surface area contributed by atoms with Crippen molar-refractivity contribution in [3.05, 3.63) is 35.6 Å². The number of amides is 9. The Morgan fingerprint density at radius 1 is 0.654 bits per heavy atom. The molecule has 0 spiro atoms. The molecule has 444 valence electrons. The molecule has 1 saturated heterocycles. The van der Waals surface area contributed by atoms with Gasteiger partial charge in [-0.1, -0.05) is 101 Å². The summed E-state index contributed by atoms with van der Waals surface area (Å²) >= 11 is 0. The van der Waals surface area contributed by atoms with E-state index in [1.807, 2.05) is 46.7 Å². The highest BCUT2D eigenvalue weighted by atomic mass is 19.1. The second kappa shape index (κ2) is 32.4. The van der Waals surface area contributed by atoms with Crippen molar-refractivity contribution in [1.29, 1.82) is 0 Å². The molecule has 3 atom stereocenters. The van der Waals surface area contributed by atoms with Gasteiger partial charge in [0.2, 0.25) is 47.3 Å². The maximum Gasteiger partial charge on any atom is 0.254 e. The molecule has 1 aliphatic heterocycles. The minimum atomic E-state index is -1.58. The van der Waals surface area contributed by atoms with Crippen molar-refractivity contribution in [3.8, 4) is 0 Å². The number of likely N-dealkylation sites (N-methyl/N-ethyl adjacent to an activating group) is 1. The lowest BCUT2D eigenvalue weighted by Crippen LogP contribution is -2.64. The number of hydrogen-bond acceptors (Lipinski definition) is 10. The third kappa shape index (κ3) is 25.9. The number of benzene rings is 1. The lowest BCUT2D eigenvalue weighted by atomic mass is 9.83. The molecule has 1 aromatic rings. The minimum absolute atomic E-state index is 0.0695. The van der Waals surface area contributed by atoms with Gasteiger partial charge < -0.3 is 52.3 Å². The Hall–Kier alpha value is -5.66. The van der Waals surface area contributed by atoms with Crippen molar-refractivity contribution in [2.45, 2.75) is 203 Å². The number of hydrogen-bond donors (Lipinski definition) is 8. The fourth-order valence-electron chi connectivity index (χ4n) is 8.60. The third-order valence-corrected chi connectivity index (χ3v) is 12.9. The largest absolute Gasteiger partial charge is 0.353 e. The molecule has 0 radical (unpaired) electrons. The highest BCUT2D eigenvalue weighted by molar-refractivity contribution is 6.00. The molecular formula is C58H101FN10O9. The fraction of sp³-hybridized carbons (Fsp3) is 0.741. The van der Waals surface area contributed by atoms with Gasteiger partial charge in [-0.05, 0) is 135 Å². The Morgan fingerprint density at radius 2 is 1.17 bits per heavy atom. The molecular weight excluding hydrogens is 1000 g/mol. The molecule has 9 amide bonds. The second-order valence-electron chi connectivity index (χ2n) is 25.3. The summed E-state index contributed by atoms with van der Waals surface area (Å²) in [5, 5.41) is 21.3. The Balaban J connectivity index is 0.00000354. The number of likely N-dealkylation sites (tertiary alicyclic amines) is 1.